The predicted octanol–water partition coefficient (Wildman–Crippen LogP) is 4.19. The molecule has 1 amide bonds. The summed E-state index contributed by atoms with van der Waals surface area (Å²) in [5.41, 5.74) is 3.85. The van der Waals surface area contributed by atoms with Gasteiger partial charge < -0.3 is 5.32 Å². The molecular formula is C17H16N4O. The first-order chi connectivity index (χ1) is 10.6. The highest BCUT2D eigenvalue weighted by Gasteiger charge is 2.25. The number of nitrogens with zero attached hydrogens (tertiary/aromatic N) is 3. The Morgan fingerprint density at radius 2 is 1.86 bits per heavy atom. The van der Waals surface area contributed by atoms with Crippen molar-refractivity contribution in [2.45, 2.75) is 19.9 Å². The zero-order valence-electron chi connectivity index (χ0n) is 12.4. The molecule has 0 saturated carbocycles. The van der Waals surface area contributed by atoms with Crippen LogP contribution in [0.15, 0.2) is 63.8 Å². The van der Waals surface area contributed by atoms with Crippen LogP contribution in [0.25, 0.3) is 0 Å². The molecule has 0 spiro atoms. The van der Waals surface area contributed by atoms with Crippen molar-refractivity contribution in [3.05, 3.63) is 54.1 Å². The number of hydrogen-bond acceptors (Lipinski definition) is 4. The second-order valence-electron chi connectivity index (χ2n) is 5.22. The summed E-state index contributed by atoms with van der Waals surface area (Å²) in [5.74, 6) is -0.217. The van der Waals surface area contributed by atoms with Gasteiger partial charge in [-0.2, -0.15) is 10.2 Å². The molecule has 0 fully saturated rings. The SMILES string of the molecule is CC1=Nc2ccc(C)cc2NC(=O)C1N=Nc1ccccc1. The van der Waals surface area contributed by atoms with Crippen LogP contribution >= 0.6 is 0 Å². The summed E-state index contributed by atoms with van der Waals surface area (Å²) >= 11 is 0. The molecule has 1 heterocycles. The Bertz CT molecular complexity index is 765. The summed E-state index contributed by atoms with van der Waals surface area (Å²) < 4.78 is 0. The van der Waals surface area contributed by atoms with Crippen LogP contribution in [0.3, 0.4) is 0 Å². The van der Waals surface area contributed by atoms with Crippen LogP contribution in [0.1, 0.15) is 12.5 Å². The minimum atomic E-state index is -0.715. The molecule has 3 rings (SSSR count). The van der Waals surface area contributed by atoms with E-state index in [9.17, 15) is 4.79 Å². The van der Waals surface area contributed by atoms with Crippen LogP contribution in [-0.4, -0.2) is 17.7 Å². The Balaban J connectivity index is 1.91. The van der Waals surface area contributed by atoms with Crippen molar-refractivity contribution in [1.29, 1.82) is 0 Å². The lowest BCUT2D eigenvalue weighted by Crippen LogP contribution is -2.30. The number of anilines is 1. The summed E-state index contributed by atoms with van der Waals surface area (Å²) in [6.45, 7) is 3.77. The molecule has 2 aromatic carbocycles. The van der Waals surface area contributed by atoms with E-state index in [1.165, 1.54) is 0 Å². The first kappa shape index (κ1) is 14.1. The zero-order chi connectivity index (χ0) is 15.5. The van der Waals surface area contributed by atoms with Crippen molar-refractivity contribution in [2.75, 3.05) is 5.32 Å². The number of carbonyl (C=O) groups excluding carboxylic acids is 1. The first-order valence-corrected chi connectivity index (χ1v) is 7.06. The summed E-state index contributed by atoms with van der Waals surface area (Å²) in [7, 11) is 0. The lowest BCUT2D eigenvalue weighted by Gasteiger charge is -2.08. The fraction of sp³-hybridized carbons (Fsp3) is 0.176. The minimum Gasteiger partial charge on any atom is -0.322 e. The van der Waals surface area contributed by atoms with Crippen LogP contribution in [0.2, 0.25) is 0 Å². The molecule has 0 aliphatic carbocycles. The molecule has 110 valence electrons. The molecule has 0 saturated heterocycles. The maximum atomic E-state index is 12.4. The number of azo groups is 1. The van der Waals surface area contributed by atoms with E-state index in [-0.39, 0.29) is 5.91 Å². The standard InChI is InChI=1S/C17H16N4O/c1-11-8-9-14-15(10-11)19-17(22)16(12(2)18-14)21-20-13-6-4-3-5-7-13/h3-10,16H,1-2H3,(H,19,22). The average molecular weight is 292 g/mol. The monoisotopic (exact) mass is 292 g/mol. The number of benzene rings is 2. The van der Waals surface area contributed by atoms with Gasteiger partial charge in [0.25, 0.3) is 5.91 Å². The molecule has 1 aliphatic heterocycles. The van der Waals surface area contributed by atoms with E-state index in [0.717, 1.165) is 11.3 Å². The van der Waals surface area contributed by atoms with Crippen LogP contribution in [-0.2, 0) is 4.79 Å². The number of fused-ring (bicyclic) bond motifs is 1. The van der Waals surface area contributed by atoms with E-state index in [2.05, 4.69) is 20.5 Å². The van der Waals surface area contributed by atoms with Crippen molar-refractivity contribution in [2.24, 2.45) is 15.2 Å². The Labute approximate surface area is 128 Å². The largest absolute Gasteiger partial charge is 0.322 e. The highest BCUT2D eigenvalue weighted by atomic mass is 16.2. The maximum Gasteiger partial charge on any atom is 0.257 e. The van der Waals surface area contributed by atoms with Crippen molar-refractivity contribution in [1.82, 2.24) is 0 Å². The normalized spacial score (nSPS) is 17.6. The van der Waals surface area contributed by atoms with Gasteiger partial charge in [-0.15, -0.1) is 0 Å². The number of nitrogens with one attached hydrogen (secondary N) is 1. The molecule has 1 aliphatic rings. The van der Waals surface area contributed by atoms with Crippen LogP contribution in [0.5, 0.6) is 0 Å². The Morgan fingerprint density at radius 3 is 2.64 bits per heavy atom. The third-order valence-corrected chi connectivity index (χ3v) is 3.40. The fourth-order valence-electron chi connectivity index (χ4n) is 2.24. The van der Waals surface area contributed by atoms with Crippen molar-refractivity contribution in [3.8, 4) is 0 Å². The van der Waals surface area contributed by atoms with E-state index in [4.69, 9.17) is 0 Å². The lowest BCUT2D eigenvalue weighted by atomic mass is 10.2. The number of aryl methyl sites for hydroxylation is 1. The Morgan fingerprint density at radius 1 is 1.09 bits per heavy atom. The average Bonchev–Trinajstić information content (AvgIpc) is 2.62. The summed E-state index contributed by atoms with van der Waals surface area (Å²) in [5, 5.41) is 11.2. The van der Waals surface area contributed by atoms with E-state index in [1.807, 2.05) is 55.5 Å². The second-order valence-corrected chi connectivity index (χ2v) is 5.22. The van der Waals surface area contributed by atoms with Gasteiger partial charge in [0.15, 0.2) is 6.04 Å². The van der Waals surface area contributed by atoms with Crippen LogP contribution in [0.4, 0.5) is 17.1 Å². The van der Waals surface area contributed by atoms with Gasteiger partial charge in [0.05, 0.1) is 22.8 Å². The number of hydrogen-bond donors (Lipinski definition) is 1. The summed E-state index contributed by atoms with van der Waals surface area (Å²) in [6, 6.07) is 14.4. The minimum absolute atomic E-state index is 0.217. The van der Waals surface area contributed by atoms with Gasteiger partial charge in [-0.25, -0.2) is 0 Å². The highest BCUT2D eigenvalue weighted by molar-refractivity contribution is 6.15. The Kier molecular flexibility index (Phi) is 3.78. The topological polar surface area (TPSA) is 66.2 Å². The van der Waals surface area contributed by atoms with Crippen molar-refractivity contribution < 1.29 is 4.79 Å². The van der Waals surface area contributed by atoms with Gasteiger partial charge in [0, 0.05) is 0 Å². The second kappa shape index (κ2) is 5.89. The molecule has 0 bridgehead atoms. The van der Waals surface area contributed by atoms with Gasteiger partial charge in [-0.1, -0.05) is 24.3 Å². The first-order valence-electron chi connectivity index (χ1n) is 7.06. The smallest absolute Gasteiger partial charge is 0.257 e. The van der Waals surface area contributed by atoms with Crippen LogP contribution in [0, 0.1) is 6.92 Å². The van der Waals surface area contributed by atoms with E-state index < -0.39 is 6.04 Å². The molecule has 0 aromatic heterocycles. The third-order valence-electron chi connectivity index (χ3n) is 3.40. The maximum absolute atomic E-state index is 12.4. The van der Waals surface area contributed by atoms with E-state index in [0.29, 0.717) is 17.1 Å². The lowest BCUT2D eigenvalue weighted by molar-refractivity contribution is -0.116. The number of aliphatic imine (C=N–C) groups is 1. The van der Waals surface area contributed by atoms with Gasteiger partial charge in [-0.05, 0) is 43.7 Å². The highest BCUT2D eigenvalue weighted by Crippen LogP contribution is 2.29. The molecule has 1 unspecified atom stereocenters. The van der Waals surface area contributed by atoms with E-state index in [1.54, 1.807) is 6.92 Å². The third kappa shape index (κ3) is 2.93. The molecule has 5 heteroatoms. The summed E-state index contributed by atoms with van der Waals surface area (Å²) in [6.07, 6.45) is 0. The molecule has 5 nitrogen and oxygen atoms in total. The zero-order valence-corrected chi connectivity index (χ0v) is 12.4. The predicted molar refractivity (Wildman–Crippen MR) is 87.3 cm³/mol. The van der Waals surface area contributed by atoms with Gasteiger partial charge in [0.1, 0.15) is 0 Å². The van der Waals surface area contributed by atoms with E-state index >= 15 is 0 Å². The number of carbonyl (C=O) groups is 1. The molecule has 1 N–H and O–H groups in total. The van der Waals surface area contributed by atoms with Crippen LogP contribution < -0.4 is 5.32 Å². The molecule has 22 heavy (non-hydrogen) atoms. The number of rotatable bonds is 2. The summed E-state index contributed by atoms with van der Waals surface area (Å²) in [4.78, 5) is 16.9. The molecule has 2 aromatic rings. The molecule has 1 atom stereocenters. The van der Waals surface area contributed by atoms with Crippen molar-refractivity contribution >= 4 is 28.7 Å². The molecule has 0 radical (unpaired) electrons. The van der Waals surface area contributed by atoms with Gasteiger partial charge >= 0.3 is 0 Å². The fourth-order valence-corrected chi connectivity index (χ4v) is 2.24. The molecular weight excluding hydrogens is 276 g/mol. The number of amides is 1. The quantitative estimate of drug-likeness (QED) is 0.828. The Hall–Kier alpha value is -2.82. The van der Waals surface area contributed by atoms with Gasteiger partial charge in [0.2, 0.25) is 0 Å². The van der Waals surface area contributed by atoms with Crippen molar-refractivity contribution in [3.63, 3.8) is 0 Å². The van der Waals surface area contributed by atoms with Gasteiger partial charge in [-0.3, -0.25) is 9.79 Å².